The lowest BCUT2D eigenvalue weighted by Gasteiger charge is -2.35. The van der Waals surface area contributed by atoms with Crippen LogP contribution in [-0.2, 0) is 0 Å². The van der Waals surface area contributed by atoms with Crippen molar-refractivity contribution in [1.82, 2.24) is 14.9 Å². The summed E-state index contributed by atoms with van der Waals surface area (Å²) < 4.78 is 0. The molecule has 4 rings (SSSR count). The van der Waals surface area contributed by atoms with Gasteiger partial charge in [-0.3, -0.25) is 9.88 Å². The number of rotatable bonds is 3. The molecule has 1 saturated heterocycles. The summed E-state index contributed by atoms with van der Waals surface area (Å²) in [6, 6.07) is 9.32. The van der Waals surface area contributed by atoms with Crippen LogP contribution in [0.2, 0.25) is 0 Å². The highest BCUT2D eigenvalue weighted by atomic mass is 15.3. The zero-order chi connectivity index (χ0) is 14.9. The molecule has 0 radical (unpaired) electrons. The molecular weight excluding hydrogens is 272 g/mol. The second-order valence-electron chi connectivity index (χ2n) is 6.29. The molecule has 22 heavy (non-hydrogen) atoms. The van der Waals surface area contributed by atoms with Crippen LogP contribution in [0.3, 0.4) is 0 Å². The van der Waals surface area contributed by atoms with E-state index in [1.54, 1.807) is 0 Å². The van der Waals surface area contributed by atoms with E-state index in [1.165, 1.54) is 37.1 Å². The molecule has 2 aromatic rings. The molecule has 1 aliphatic heterocycles. The summed E-state index contributed by atoms with van der Waals surface area (Å²) in [7, 11) is 0. The van der Waals surface area contributed by atoms with Crippen LogP contribution in [0.5, 0.6) is 0 Å². The molecule has 4 nitrogen and oxygen atoms in total. The molecule has 4 heteroatoms. The molecule has 0 bridgehead atoms. The lowest BCUT2D eigenvalue weighted by atomic mass is 10.1. The quantitative estimate of drug-likeness (QED) is 0.871. The van der Waals surface area contributed by atoms with E-state index in [0.717, 1.165) is 30.6 Å². The largest absolute Gasteiger partial charge is 0.354 e. The van der Waals surface area contributed by atoms with Crippen molar-refractivity contribution in [2.24, 2.45) is 0 Å². The van der Waals surface area contributed by atoms with Crippen molar-refractivity contribution in [1.29, 1.82) is 0 Å². The van der Waals surface area contributed by atoms with E-state index in [-0.39, 0.29) is 0 Å². The highest BCUT2D eigenvalue weighted by molar-refractivity contribution is 5.66. The topological polar surface area (TPSA) is 32.3 Å². The van der Waals surface area contributed by atoms with E-state index in [0.29, 0.717) is 0 Å². The Morgan fingerprint density at radius 2 is 1.68 bits per heavy atom. The van der Waals surface area contributed by atoms with Crippen LogP contribution < -0.4 is 4.90 Å². The minimum Gasteiger partial charge on any atom is -0.354 e. The van der Waals surface area contributed by atoms with Gasteiger partial charge in [0.2, 0.25) is 0 Å². The van der Waals surface area contributed by atoms with E-state index < -0.39 is 0 Å². The van der Waals surface area contributed by atoms with Crippen LogP contribution in [0, 0.1) is 6.92 Å². The van der Waals surface area contributed by atoms with Crippen LogP contribution >= 0.6 is 0 Å². The number of hydrogen-bond acceptors (Lipinski definition) is 4. The molecule has 1 saturated carbocycles. The Morgan fingerprint density at radius 1 is 0.955 bits per heavy atom. The van der Waals surface area contributed by atoms with Crippen molar-refractivity contribution in [3.8, 4) is 11.1 Å². The van der Waals surface area contributed by atoms with Gasteiger partial charge in [0.1, 0.15) is 5.82 Å². The molecular formula is C18H22N4. The van der Waals surface area contributed by atoms with Crippen LogP contribution in [0.25, 0.3) is 11.1 Å². The first kappa shape index (κ1) is 13.7. The van der Waals surface area contributed by atoms with Gasteiger partial charge >= 0.3 is 0 Å². The second kappa shape index (κ2) is 5.69. The standard InChI is InChI=1S/C18H22N4/c1-14-17(15-6-8-19-9-7-15)4-5-18(20-14)22-12-10-21(11-13-22)16-2-3-16/h4-9,16H,2-3,10-13H2,1H3. The maximum atomic E-state index is 4.85. The summed E-state index contributed by atoms with van der Waals surface area (Å²) in [5, 5.41) is 0. The first-order valence-electron chi connectivity index (χ1n) is 8.18. The molecule has 2 aliphatic rings. The van der Waals surface area contributed by atoms with E-state index in [4.69, 9.17) is 4.98 Å². The van der Waals surface area contributed by atoms with Crippen molar-refractivity contribution in [2.75, 3.05) is 31.1 Å². The van der Waals surface area contributed by atoms with Gasteiger partial charge in [-0.25, -0.2) is 4.98 Å². The SMILES string of the molecule is Cc1nc(N2CCN(C3CC3)CC2)ccc1-c1ccncc1. The Bertz CT molecular complexity index is 643. The highest BCUT2D eigenvalue weighted by Gasteiger charge is 2.31. The Labute approximate surface area is 131 Å². The van der Waals surface area contributed by atoms with Crippen molar-refractivity contribution < 1.29 is 0 Å². The lowest BCUT2D eigenvalue weighted by molar-refractivity contribution is 0.247. The van der Waals surface area contributed by atoms with Gasteiger partial charge in [-0.1, -0.05) is 0 Å². The zero-order valence-electron chi connectivity index (χ0n) is 13.1. The molecule has 3 heterocycles. The molecule has 0 spiro atoms. The van der Waals surface area contributed by atoms with Gasteiger partial charge in [-0.15, -0.1) is 0 Å². The summed E-state index contributed by atoms with van der Waals surface area (Å²) in [6.45, 7) is 6.64. The summed E-state index contributed by atoms with van der Waals surface area (Å²) in [5.41, 5.74) is 3.47. The molecule has 2 fully saturated rings. The summed E-state index contributed by atoms with van der Waals surface area (Å²) in [6.07, 6.45) is 6.47. The molecule has 0 unspecified atom stereocenters. The van der Waals surface area contributed by atoms with Gasteiger partial charge in [0.15, 0.2) is 0 Å². The molecule has 1 aliphatic carbocycles. The summed E-state index contributed by atoms with van der Waals surface area (Å²) in [5.74, 6) is 1.12. The Kier molecular flexibility index (Phi) is 3.54. The van der Waals surface area contributed by atoms with Gasteiger partial charge in [0, 0.05) is 55.9 Å². The van der Waals surface area contributed by atoms with E-state index in [2.05, 4.69) is 33.8 Å². The average Bonchev–Trinajstić information content (AvgIpc) is 3.41. The maximum absolute atomic E-state index is 4.85. The molecule has 0 aromatic carbocycles. The Hall–Kier alpha value is -1.94. The number of aromatic nitrogens is 2. The van der Waals surface area contributed by atoms with Crippen LogP contribution in [-0.4, -0.2) is 47.1 Å². The average molecular weight is 294 g/mol. The van der Waals surface area contributed by atoms with Gasteiger partial charge in [0.05, 0.1) is 0 Å². The fourth-order valence-corrected chi connectivity index (χ4v) is 3.32. The van der Waals surface area contributed by atoms with Crippen molar-refractivity contribution >= 4 is 5.82 Å². The van der Waals surface area contributed by atoms with Crippen molar-refractivity contribution in [3.05, 3.63) is 42.4 Å². The first-order chi connectivity index (χ1) is 10.8. The van der Waals surface area contributed by atoms with E-state index >= 15 is 0 Å². The number of piperazine rings is 1. The third-order valence-electron chi connectivity index (χ3n) is 4.76. The minimum absolute atomic E-state index is 0.880. The predicted molar refractivity (Wildman–Crippen MR) is 89.0 cm³/mol. The molecule has 0 N–H and O–H groups in total. The number of pyridine rings is 2. The normalized spacial score (nSPS) is 19.4. The first-order valence-corrected chi connectivity index (χ1v) is 8.18. The van der Waals surface area contributed by atoms with Gasteiger partial charge in [-0.05, 0) is 49.6 Å². The maximum Gasteiger partial charge on any atom is 0.128 e. The molecule has 114 valence electrons. The third kappa shape index (κ3) is 2.71. The van der Waals surface area contributed by atoms with Gasteiger partial charge < -0.3 is 4.90 Å². The second-order valence-corrected chi connectivity index (χ2v) is 6.29. The van der Waals surface area contributed by atoms with Gasteiger partial charge in [0.25, 0.3) is 0 Å². The summed E-state index contributed by atoms with van der Waals surface area (Å²) in [4.78, 5) is 14.0. The van der Waals surface area contributed by atoms with Crippen molar-refractivity contribution in [3.63, 3.8) is 0 Å². The third-order valence-corrected chi connectivity index (χ3v) is 4.76. The number of anilines is 1. The van der Waals surface area contributed by atoms with E-state index in [9.17, 15) is 0 Å². The van der Waals surface area contributed by atoms with Gasteiger partial charge in [-0.2, -0.15) is 0 Å². The van der Waals surface area contributed by atoms with Crippen LogP contribution in [0.1, 0.15) is 18.5 Å². The monoisotopic (exact) mass is 294 g/mol. The van der Waals surface area contributed by atoms with Crippen molar-refractivity contribution in [2.45, 2.75) is 25.8 Å². The zero-order valence-corrected chi connectivity index (χ0v) is 13.1. The fourth-order valence-electron chi connectivity index (χ4n) is 3.32. The number of aryl methyl sites for hydroxylation is 1. The predicted octanol–water partition coefficient (Wildman–Crippen LogP) is 2.74. The molecule has 2 aromatic heterocycles. The minimum atomic E-state index is 0.880. The lowest BCUT2D eigenvalue weighted by Crippen LogP contribution is -2.47. The Balaban J connectivity index is 1.50. The van der Waals surface area contributed by atoms with E-state index in [1.807, 2.05) is 24.5 Å². The number of hydrogen-bond donors (Lipinski definition) is 0. The summed E-state index contributed by atoms with van der Waals surface area (Å²) >= 11 is 0. The van der Waals surface area contributed by atoms with Crippen LogP contribution in [0.15, 0.2) is 36.7 Å². The van der Waals surface area contributed by atoms with Crippen LogP contribution in [0.4, 0.5) is 5.82 Å². The highest BCUT2D eigenvalue weighted by Crippen LogP contribution is 2.29. The fraction of sp³-hybridized carbons (Fsp3) is 0.444. The molecule has 0 atom stereocenters. The Morgan fingerprint density at radius 3 is 2.32 bits per heavy atom. The number of nitrogens with zero attached hydrogens (tertiary/aromatic N) is 4. The molecule has 0 amide bonds. The smallest absolute Gasteiger partial charge is 0.128 e.